The Balaban J connectivity index is 1.31. The van der Waals surface area contributed by atoms with Crippen LogP contribution in [-0.2, 0) is 11.2 Å². The van der Waals surface area contributed by atoms with Crippen LogP contribution in [0.2, 0.25) is 0 Å². The molecule has 0 aliphatic carbocycles. The maximum atomic E-state index is 12.3. The molecule has 35 heavy (non-hydrogen) atoms. The molecule has 2 aliphatic heterocycles. The highest BCUT2D eigenvalue weighted by Gasteiger charge is 2.41. The fourth-order valence-corrected chi connectivity index (χ4v) is 4.30. The summed E-state index contributed by atoms with van der Waals surface area (Å²) in [5.41, 5.74) is 2.44. The first-order chi connectivity index (χ1) is 16.7. The van der Waals surface area contributed by atoms with E-state index in [0.717, 1.165) is 35.4 Å². The summed E-state index contributed by atoms with van der Waals surface area (Å²) in [6.07, 6.45) is 3.91. The molecule has 0 radical (unpaired) electrons. The van der Waals surface area contributed by atoms with E-state index in [2.05, 4.69) is 16.4 Å². The number of aliphatic hydroxyl groups excluding tert-OH is 2. The van der Waals surface area contributed by atoms with Crippen LogP contribution in [0.15, 0.2) is 42.7 Å². The molecule has 190 valence electrons. The van der Waals surface area contributed by atoms with Gasteiger partial charge in [0.25, 0.3) is 0 Å². The summed E-state index contributed by atoms with van der Waals surface area (Å²) in [7, 11) is 0. The number of aliphatic hydroxyl groups is 2. The van der Waals surface area contributed by atoms with Crippen molar-refractivity contribution in [3.63, 3.8) is 0 Å². The van der Waals surface area contributed by atoms with Crippen molar-refractivity contribution in [1.29, 1.82) is 0 Å². The van der Waals surface area contributed by atoms with E-state index in [1.807, 2.05) is 51.2 Å². The van der Waals surface area contributed by atoms with Crippen LogP contribution in [0, 0.1) is 0 Å². The van der Waals surface area contributed by atoms with Crippen molar-refractivity contribution in [2.75, 3.05) is 19.7 Å². The maximum absolute atomic E-state index is 12.3. The largest absolute Gasteiger partial charge is 0.490 e. The SMILES string of the molecule is CC(C)(C)OC(=O)N1CC[C@@H]1C(O)C(O)CCc1cccc(-c2cncc(OC[C@H]3CCN3)c2)c1. The van der Waals surface area contributed by atoms with Gasteiger partial charge in [0.15, 0.2) is 0 Å². The number of carbonyl (C=O) groups is 1. The van der Waals surface area contributed by atoms with E-state index in [1.54, 1.807) is 6.20 Å². The van der Waals surface area contributed by atoms with E-state index in [-0.39, 0.29) is 0 Å². The van der Waals surface area contributed by atoms with Gasteiger partial charge >= 0.3 is 6.09 Å². The first-order valence-corrected chi connectivity index (χ1v) is 12.5. The average Bonchev–Trinajstić information content (AvgIpc) is 2.74. The number of nitrogens with one attached hydrogen (secondary N) is 1. The summed E-state index contributed by atoms with van der Waals surface area (Å²) in [6.45, 7) is 7.65. The third kappa shape index (κ3) is 6.72. The fraction of sp³-hybridized carbons (Fsp3) is 0.556. The molecule has 0 bridgehead atoms. The lowest BCUT2D eigenvalue weighted by atomic mass is 9.91. The van der Waals surface area contributed by atoms with Crippen LogP contribution in [0.25, 0.3) is 11.1 Å². The van der Waals surface area contributed by atoms with Gasteiger partial charge in [-0.05, 0) is 70.2 Å². The Kier molecular flexibility index (Phi) is 7.94. The number of amides is 1. The van der Waals surface area contributed by atoms with E-state index in [0.29, 0.717) is 38.5 Å². The number of aryl methyl sites for hydroxylation is 1. The highest BCUT2D eigenvalue weighted by atomic mass is 16.6. The lowest BCUT2D eigenvalue weighted by Crippen LogP contribution is -2.60. The van der Waals surface area contributed by atoms with Crippen LogP contribution in [0.4, 0.5) is 4.79 Å². The number of nitrogens with zero attached hydrogens (tertiary/aromatic N) is 2. The Hall–Kier alpha value is -2.68. The van der Waals surface area contributed by atoms with Crippen LogP contribution in [0.1, 0.15) is 45.6 Å². The number of likely N-dealkylation sites (tertiary alicyclic amines) is 1. The van der Waals surface area contributed by atoms with E-state index < -0.39 is 29.9 Å². The average molecular weight is 484 g/mol. The van der Waals surface area contributed by atoms with Crippen LogP contribution < -0.4 is 10.1 Å². The van der Waals surface area contributed by atoms with Crippen LogP contribution in [-0.4, -0.2) is 75.8 Å². The number of aromatic nitrogens is 1. The molecule has 2 aliphatic rings. The minimum Gasteiger partial charge on any atom is -0.490 e. The lowest BCUT2D eigenvalue weighted by molar-refractivity contribution is -0.0805. The zero-order chi connectivity index (χ0) is 25.0. The van der Waals surface area contributed by atoms with Gasteiger partial charge in [-0.2, -0.15) is 0 Å². The molecule has 8 heteroatoms. The van der Waals surface area contributed by atoms with Gasteiger partial charge in [0.1, 0.15) is 24.1 Å². The number of benzene rings is 1. The minimum atomic E-state index is -1.01. The number of ether oxygens (including phenoxy) is 2. The van der Waals surface area contributed by atoms with Crippen LogP contribution >= 0.6 is 0 Å². The van der Waals surface area contributed by atoms with Crippen molar-refractivity contribution < 1.29 is 24.5 Å². The molecule has 4 atom stereocenters. The summed E-state index contributed by atoms with van der Waals surface area (Å²) in [4.78, 5) is 18.2. The predicted molar refractivity (Wildman–Crippen MR) is 133 cm³/mol. The third-order valence-corrected chi connectivity index (χ3v) is 6.56. The van der Waals surface area contributed by atoms with Crippen molar-refractivity contribution in [3.05, 3.63) is 48.3 Å². The van der Waals surface area contributed by atoms with Gasteiger partial charge in [-0.1, -0.05) is 24.3 Å². The predicted octanol–water partition coefficient (Wildman–Crippen LogP) is 3.15. The van der Waals surface area contributed by atoms with E-state index in [9.17, 15) is 15.0 Å². The Morgan fingerprint density at radius 3 is 2.66 bits per heavy atom. The van der Waals surface area contributed by atoms with Gasteiger partial charge in [0.2, 0.25) is 0 Å². The Labute approximate surface area is 207 Å². The van der Waals surface area contributed by atoms with Gasteiger partial charge in [-0.25, -0.2) is 4.79 Å². The number of rotatable bonds is 9. The molecule has 4 rings (SSSR count). The van der Waals surface area contributed by atoms with E-state index in [4.69, 9.17) is 9.47 Å². The second kappa shape index (κ2) is 10.9. The monoisotopic (exact) mass is 483 g/mol. The number of carbonyl (C=O) groups excluding carboxylic acids is 1. The second-order valence-corrected chi connectivity index (χ2v) is 10.5. The van der Waals surface area contributed by atoms with Crippen molar-refractivity contribution >= 4 is 6.09 Å². The lowest BCUT2D eigenvalue weighted by Gasteiger charge is -2.44. The van der Waals surface area contributed by atoms with Gasteiger partial charge in [0, 0.05) is 24.3 Å². The van der Waals surface area contributed by atoms with Gasteiger partial charge in [-0.3, -0.25) is 4.98 Å². The molecule has 3 N–H and O–H groups in total. The minimum absolute atomic E-state index is 0.388. The van der Waals surface area contributed by atoms with Crippen molar-refractivity contribution in [2.45, 2.75) is 76.3 Å². The molecule has 2 saturated heterocycles. The molecule has 1 aromatic heterocycles. The second-order valence-electron chi connectivity index (χ2n) is 10.5. The standard InChI is InChI=1S/C27H37N3O5/c1-27(2,3)35-26(33)30-12-10-23(30)25(32)24(31)8-7-18-5-4-6-19(13-18)20-14-22(16-28-15-20)34-17-21-9-11-29-21/h4-6,13-16,21,23-25,29,31-32H,7-12,17H2,1-3H3/t21-,23-,24?,25?/m1/s1. The molecule has 2 unspecified atom stereocenters. The Morgan fingerprint density at radius 2 is 2.00 bits per heavy atom. The fourth-order valence-electron chi connectivity index (χ4n) is 4.30. The highest BCUT2D eigenvalue weighted by Crippen LogP contribution is 2.27. The molecule has 2 aromatic rings. The molecule has 0 saturated carbocycles. The zero-order valence-electron chi connectivity index (χ0n) is 20.8. The van der Waals surface area contributed by atoms with Crippen molar-refractivity contribution in [2.24, 2.45) is 0 Å². The Morgan fingerprint density at radius 1 is 1.20 bits per heavy atom. The Bertz CT molecular complexity index is 1000. The first-order valence-electron chi connectivity index (χ1n) is 12.5. The molecule has 1 amide bonds. The van der Waals surface area contributed by atoms with Gasteiger partial charge in [-0.15, -0.1) is 0 Å². The van der Waals surface area contributed by atoms with Gasteiger partial charge in [0.05, 0.1) is 18.3 Å². The quantitative estimate of drug-likeness (QED) is 0.503. The first kappa shape index (κ1) is 25.4. The summed E-state index contributed by atoms with van der Waals surface area (Å²) in [5.74, 6) is 0.746. The highest BCUT2D eigenvalue weighted by molar-refractivity contribution is 5.69. The van der Waals surface area contributed by atoms with Crippen molar-refractivity contribution in [1.82, 2.24) is 15.2 Å². The normalized spacial score (nSPS) is 21.5. The zero-order valence-corrected chi connectivity index (χ0v) is 20.8. The summed E-state index contributed by atoms with van der Waals surface area (Å²) in [5, 5.41) is 24.6. The summed E-state index contributed by atoms with van der Waals surface area (Å²) >= 11 is 0. The number of hydrogen-bond donors (Lipinski definition) is 3. The molecule has 1 aromatic carbocycles. The molecule has 3 heterocycles. The smallest absolute Gasteiger partial charge is 0.410 e. The van der Waals surface area contributed by atoms with Crippen molar-refractivity contribution in [3.8, 4) is 16.9 Å². The molecule has 2 fully saturated rings. The summed E-state index contributed by atoms with van der Waals surface area (Å²) in [6, 6.07) is 10.1. The third-order valence-electron chi connectivity index (χ3n) is 6.56. The molecule has 8 nitrogen and oxygen atoms in total. The van der Waals surface area contributed by atoms with E-state index >= 15 is 0 Å². The van der Waals surface area contributed by atoms with E-state index in [1.165, 1.54) is 4.90 Å². The number of pyridine rings is 1. The number of hydrogen-bond acceptors (Lipinski definition) is 7. The molecular formula is C27H37N3O5. The summed E-state index contributed by atoms with van der Waals surface area (Å²) < 4.78 is 11.3. The molecular weight excluding hydrogens is 446 g/mol. The van der Waals surface area contributed by atoms with Crippen LogP contribution in [0.5, 0.6) is 5.75 Å². The van der Waals surface area contributed by atoms with Gasteiger partial charge < -0.3 is 29.9 Å². The van der Waals surface area contributed by atoms with Crippen LogP contribution in [0.3, 0.4) is 0 Å². The maximum Gasteiger partial charge on any atom is 0.410 e. The topological polar surface area (TPSA) is 104 Å². The molecule has 0 spiro atoms.